The van der Waals surface area contributed by atoms with Gasteiger partial charge in [0.1, 0.15) is 18.0 Å². The molecule has 4 rings (SSSR count). The molecule has 0 radical (unpaired) electrons. The molecule has 12 heteroatoms. The molecule has 0 bridgehead atoms. The first-order valence-electron chi connectivity index (χ1n) is 10.1. The van der Waals surface area contributed by atoms with Crippen LogP contribution in [-0.4, -0.2) is 34.5 Å². The molecule has 2 atom stereocenters. The molecule has 180 valence electrons. The molecular formula is C22H18BrClF3N3O4. The first-order chi connectivity index (χ1) is 16.2. The van der Waals surface area contributed by atoms with Crippen molar-refractivity contribution in [3.63, 3.8) is 0 Å². The predicted molar refractivity (Wildman–Crippen MR) is 119 cm³/mol. The molecule has 2 heterocycles. The molecule has 2 aromatic carbocycles. The second-order valence-electron chi connectivity index (χ2n) is 7.30. The summed E-state index contributed by atoms with van der Waals surface area (Å²) >= 11 is 9.95. The second kappa shape index (κ2) is 9.55. The van der Waals surface area contributed by atoms with E-state index >= 15 is 0 Å². The first-order valence-corrected chi connectivity index (χ1v) is 11.3. The summed E-state index contributed by atoms with van der Waals surface area (Å²) in [5.41, 5.74) is 0.953. The Hall–Kier alpha value is -2.63. The summed E-state index contributed by atoms with van der Waals surface area (Å²) in [6, 6.07) is 9.74. The van der Waals surface area contributed by atoms with Crippen molar-refractivity contribution >= 4 is 33.5 Å². The van der Waals surface area contributed by atoms with Crippen molar-refractivity contribution in [3.05, 3.63) is 68.7 Å². The van der Waals surface area contributed by atoms with Gasteiger partial charge in [-0.25, -0.2) is 0 Å². The maximum Gasteiger partial charge on any atom is 0.452 e. The van der Waals surface area contributed by atoms with E-state index in [2.05, 4.69) is 26.1 Å². The van der Waals surface area contributed by atoms with Crippen LogP contribution in [0.3, 0.4) is 0 Å². The van der Waals surface area contributed by atoms with E-state index in [4.69, 9.17) is 25.8 Å². The van der Waals surface area contributed by atoms with Crippen molar-refractivity contribution < 1.29 is 32.2 Å². The number of hydrogen-bond donors (Lipinski definition) is 0. The van der Waals surface area contributed by atoms with Gasteiger partial charge in [-0.05, 0) is 31.2 Å². The van der Waals surface area contributed by atoms with Crippen LogP contribution in [0.4, 0.5) is 13.2 Å². The highest BCUT2D eigenvalue weighted by atomic mass is 79.9. The van der Waals surface area contributed by atoms with Crippen molar-refractivity contribution in [1.29, 1.82) is 0 Å². The number of hydrogen-bond acceptors (Lipinski definition) is 6. The molecule has 1 aromatic heterocycles. The van der Waals surface area contributed by atoms with Crippen molar-refractivity contribution in [3.8, 4) is 11.4 Å². The van der Waals surface area contributed by atoms with Crippen LogP contribution in [0.1, 0.15) is 48.3 Å². The molecule has 0 unspecified atom stereocenters. The zero-order chi connectivity index (χ0) is 24.6. The van der Waals surface area contributed by atoms with Gasteiger partial charge in [0, 0.05) is 15.6 Å². The van der Waals surface area contributed by atoms with Crippen LogP contribution in [0, 0.1) is 0 Å². The number of alkyl halides is 3. The largest absolute Gasteiger partial charge is 0.495 e. The highest BCUT2D eigenvalue weighted by molar-refractivity contribution is 9.10. The van der Waals surface area contributed by atoms with Crippen molar-refractivity contribution in [1.82, 2.24) is 14.8 Å². The van der Waals surface area contributed by atoms with Gasteiger partial charge in [0.05, 0.1) is 30.8 Å². The zero-order valence-corrected chi connectivity index (χ0v) is 20.2. The van der Waals surface area contributed by atoms with E-state index in [1.165, 1.54) is 13.2 Å². The average molecular weight is 561 g/mol. The molecule has 0 fully saturated rings. The summed E-state index contributed by atoms with van der Waals surface area (Å²) < 4.78 is 59.8. The summed E-state index contributed by atoms with van der Waals surface area (Å²) in [6.45, 7) is 1.73. The van der Waals surface area contributed by atoms with Crippen LogP contribution < -0.4 is 4.74 Å². The molecule has 1 aliphatic rings. The third kappa shape index (κ3) is 4.51. The Labute approximate surface area is 205 Å². The van der Waals surface area contributed by atoms with Gasteiger partial charge in [-0.15, -0.1) is 10.2 Å². The number of carbonyl (C=O) groups excluding carboxylic acids is 1. The molecule has 0 N–H and O–H groups in total. The number of rotatable bonds is 5. The quantitative estimate of drug-likeness (QED) is 0.366. The normalized spacial score (nSPS) is 17.5. The van der Waals surface area contributed by atoms with E-state index in [1.54, 1.807) is 37.3 Å². The van der Waals surface area contributed by atoms with Crippen molar-refractivity contribution in [2.24, 2.45) is 0 Å². The standard InChI is InChI=1S/C22H18BrClF3N3O4/c1-3-33-17(31)10-16-20-28-29-21(22(25,26)27)30(20)14-8-7-11(23)9-13(14)19(34-16)12-5-4-6-15(32-2)18(12)24/h4-9,16,19H,3,10H2,1-2H3/t16-,19-/m0/s1. The number of nitrogens with zero attached hydrogens (tertiary/aromatic N) is 3. The Morgan fingerprint density at radius 3 is 2.68 bits per heavy atom. The van der Waals surface area contributed by atoms with E-state index in [-0.39, 0.29) is 29.6 Å². The second-order valence-corrected chi connectivity index (χ2v) is 8.59. The summed E-state index contributed by atoms with van der Waals surface area (Å²) in [6.07, 6.45) is -7.35. The number of carbonyl (C=O) groups is 1. The minimum Gasteiger partial charge on any atom is -0.495 e. The fourth-order valence-electron chi connectivity index (χ4n) is 3.80. The van der Waals surface area contributed by atoms with Crippen LogP contribution in [0.25, 0.3) is 5.69 Å². The fourth-order valence-corrected chi connectivity index (χ4v) is 4.48. The van der Waals surface area contributed by atoms with E-state index in [1.807, 2.05) is 0 Å². The topological polar surface area (TPSA) is 75.5 Å². The number of ether oxygens (including phenoxy) is 3. The van der Waals surface area contributed by atoms with Crippen LogP contribution in [0.5, 0.6) is 5.75 Å². The fraction of sp³-hybridized carbons (Fsp3) is 0.318. The summed E-state index contributed by atoms with van der Waals surface area (Å²) in [7, 11) is 1.45. The van der Waals surface area contributed by atoms with Gasteiger partial charge in [-0.2, -0.15) is 13.2 Å². The number of halogens is 5. The number of benzene rings is 2. The molecule has 0 amide bonds. The Kier molecular flexibility index (Phi) is 6.88. The third-order valence-electron chi connectivity index (χ3n) is 5.20. The Balaban J connectivity index is 1.98. The molecule has 0 aliphatic carbocycles. The summed E-state index contributed by atoms with van der Waals surface area (Å²) in [4.78, 5) is 12.3. The average Bonchev–Trinajstić information content (AvgIpc) is 3.18. The van der Waals surface area contributed by atoms with Gasteiger partial charge in [0.25, 0.3) is 0 Å². The minimum atomic E-state index is -4.81. The van der Waals surface area contributed by atoms with Crippen LogP contribution >= 0.6 is 27.5 Å². The molecule has 0 saturated carbocycles. The lowest BCUT2D eigenvalue weighted by Crippen LogP contribution is -2.18. The monoisotopic (exact) mass is 559 g/mol. The van der Waals surface area contributed by atoms with Crippen molar-refractivity contribution in [2.45, 2.75) is 31.7 Å². The molecule has 0 saturated heterocycles. The van der Waals surface area contributed by atoms with E-state index < -0.39 is 30.2 Å². The lowest BCUT2D eigenvalue weighted by atomic mass is 9.99. The van der Waals surface area contributed by atoms with Crippen LogP contribution in [-0.2, 0) is 20.4 Å². The molecule has 7 nitrogen and oxygen atoms in total. The smallest absolute Gasteiger partial charge is 0.452 e. The lowest BCUT2D eigenvalue weighted by Gasteiger charge is -2.24. The van der Waals surface area contributed by atoms with E-state index in [0.717, 1.165) is 4.57 Å². The number of esters is 1. The maximum atomic E-state index is 13.9. The van der Waals surface area contributed by atoms with Crippen LogP contribution in [0.15, 0.2) is 40.9 Å². The van der Waals surface area contributed by atoms with Crippen molar-refractivity contribution in [2.75, 3.05) is 13.7 Å². The Morgan fingerprint density at radius 2 is 2.00 bits per heavy atom. The summed E-state index contributed by atoms with van der Waals surface area (Å²) in [5.74, 6) is -1.70. The first kappa shape index (κ1) is 24.5. The predicted octanol–water partition coefficient (Wildman–Crippen LogP) is 5.82. The lowest BCUT2D eigenvalue weighted by molar-refractivity contribution is -0.147. The SMILES string of the molecule is CCOC(=O)C[C@@H]1O[C@@H](c2cccc(OC)c2Cl)c2cc(Br)ccc2-n2c1nnc2C(F)(F)F. The van der Waals surface area contributed by atoms with Crippen LogP contribution in [0.2, 0.25) is 5.02 Å². The number of methoxy groups -OCH3 is 1. The zero-order valence-electron chi connectivity index (χ0n) is 17.9. The van der Waals surface area contributed by atoms with Gasteiger partial charge >= 0.3 is 12.1 Å². The van der Waals surface area contributed by atoms with Gasteiger partial charge in [-0.3, -0.25) is 9.36 Å². The highest BCUT2D eigenvalue weighted by Gasteiger charge is 2.43. The van der Waals surface area contributed by atoms with Gasteiger partial charge in [0.15, 0.2) is 5.82 Å². The molecule has 0 spiro atoms. The van der Waals surface area contributed by atoms with E-state index in [0.29, 0.717) is 21.3 Å². The number of aromatic nitrogens is 3. The van der Waals surface area contributed by atoms with Gasteiger partial charge in [-0.1, -0.05) is 39.7 Å². The Morgan fingerprint density at radius 1 is 1.24 bits per heavy atom. The maximum absolute atomic E-state index is 13.9. The molecular weight excluding hydrogens is 543 g/mol. The van der Waals surface area contributed by atoms with Gasteiger partial charge in [0.2, 0.25) is 5.82 Å². The molecule has 1 aliphatic heterocycles. The highest BCUT2D eigenvalue weighted by Crippen LogP contribution is 2.46. The van der Waals surface area contributed by atoms with E-state index in [9.17, 15) is 18.0 Å². The third-order valence-corrected chi connectivity index (χ3v) is 6.09. The Bertz CT molecular complexity index is 1230. The molecule has 3 aromatic rings. The molecule has 34 heavy (non-hydrogen) atoms. The van der Waals surface area contributed by atoms with Gasteiger partial charge < -0.3 is 14.2 Å². The minimum absolute atomic E-state index is 0.102. The number of fused-ring (bicyclic) bond motifs is 3. The summed E-state index contributed by atoms with van der Waals surface area (Å²) in [5, 5.41) is 7.38.